The van der Waals surface area contributed by atoms with Gasteiger partial charge in [0.1, 0.15) is 12.6 Å². The van der Waals surface area contributed by atoms with Crippen LogP contribution >= 0.6 is 11.3 Å². The van der Waals surface area contributed by atoms with Crippen molar-refractivity contribution >= 4 is 39.4 Å². The van der Waals surface area contributed by atoms with E-state index in [4.69, 9.17) is 4.98 Å². The highest BCUT2D eigenvalue weighted by Gasteiger charge is 2.39. The fraction of sp³-hybridized carbons (Fsp3) is 0.360. The Morgan fingerprint density at radius 2 is 1.76 bits per heavy atom. The first-order chi connectivity index (χ1) is 16.1. The van der Waals surface area contributed by atoms with Crippen molar-refractivity contribution in [2.45, 2.75) is 37.6 Å². The summed E-state index contributed by atoms with van der Waals surface area (Å²) in [5, 5.41) is 3.86. The van der Waals surface area contributed by atoms with Gasteiger partial charge >= 0.3 is 6.03 Å². The van der Waals surface area contributed by atoms with E-state index in [1.807, 2.05) is 48.5 Å². The Labute approximate surface area is 196 Å². The van der Waals surface area contributed by atoms with Crippen molar-refractivity contribution < 1.29 is 14.4 Å². The fourth-order valence-corrected chi connectivity index (χ4v) is 5.69. The first-order valence-electron chi connectivity index (χ1n) is 11.4. The molecule has 0 saturated carbocycles. The molecule has 8 heteroatoms. The van der Waals surface area contributed by atoms with Gasteiger partial charge in [0.2, 0.25) is 5.91 Å². The van der Waals surface area contributed by atoms with E-state index in [0.29, 0.717) is 31.8 Å². The van der Waals surface area contributed by atoms with Gasteiger partial charge in [-0.1, -0.05) is 42.5 Å². The van der Waals surface area contributed by atoms with Gasteiger partial charge in [-0.05, 0) is 43.4 Å². The zero-order valence-corrected chi connectivity index (χ0v) is 19.1. The summed E-state index contributed by atoms with van der Waals surface area (Å²) >= 11 is 1.72. The minimum Gasteiger partial charge on any atom is -0.341 e. The second-order valence-electron chi connectivity index (χ2n) is 8.63. The quantitative estimate of drug-likeness (QED) is 0.568. The number of nitrogens with zero attached hydrogens (tertiary/aromatic N) is 3. The minimum absolute atomic E-state index is 0.176. The first kappa shape index (κ1) is 21.6. The van der Waals surface area contributed by atoms with Crippen LogP contribution in [0.5, 0.6) is 0 Å². The van der Waals surface area contributed by atoms with Crippen molar-refractivity contribution in [3.05, 3.63) is 65.2 Å². The van der Waals surface area contributed by atoms with Gasteiger partial charge in [0.15, 0.2) is 0 Å². The predicted octanol–water partition coefficient (Wildman–Crippen LogP) is 3.56. The number of thiazole rings is 1. The van der Waals surface area contributed by atoms with Crippen LogP contribution in [0.3, 0.4) is 0 Å². The Balaban J connectivity index is 1.14. The van der Waals surface area contributed by atoms with Crippen LogP contribution in [0, 0.1) is 0 Å². The summed E-state index contributed by atoms with van der Waals surface area (Å²) in [7, 11) is 0. The van der Waals surface area contributed by atoms with E-state index in [0.717, 1.165) is 33.8 Å². The molecule has 2 fully saturated rings. The van der Waals surface area contributed by atoms with Crippen LogP contribution in [0.2, 0.25) is 0 Å². The molecule has 0 radical (unpaired) electrons. The van der Waals surface area contributed by atoms with E-state index in [1.54, 1.807) is 16.2 Å². The molecule has 0 bridgehead atoms. The lowest BCUT2D eigenvalue weighted by atomic mass is 9.97. The van der Waals surface area contributed by atoms with Gasteiger partial charge in [-0.15, -0.1) is 11.3 Å². The summed E-state index contributed by atoms with van der Waals surface area (Å²) in [4.78, 5) is 45.6. The topological polar surface area (TPSA) is 82.6 Å². The third-order valence-corrected chi connectivity index (χ3v) is 7.67. The molecular formula is C25H26N4O3S. The normalized spacial score (nSPS) is 19.3. The monoisotopic (exact) mass is 462 g/mol. The number of hydrogen-bond donors (Lipinski definition) is 1. The highest BCUT2D eigenvalue weighted by atomic mass is 32.1. The number of benzene rings is 2. The Kier molecular flexibility index (Phi) is 6.09. The van der Waals surface area contributed by atoms with E-state index in [9.17, 15) is 14.4 Å². The number of hydrogen-bond acceptors (Lipinski definition) is 5. The second-order valence-corrected chi connectivity index (χ2v) is 9.69. The Morgan fingerprint density at radius 3 is 2.52 bits per heavy atom. The number of likely N-dealkylation sites (tertiary alicyclic amines) is 1. The van der Waals surface area contributed by atoms with Crippen LogP contribution in [0.25, 0.3) is 10.2 Å². The molecule has 5 rings (SSSR count). The van der Waals surface area contributed by atoms with Crippen LogP contribution in [-0.4, -0.2) is 58.3 Å². The minimum atomic E-state index is -0.574. The molecule has 3 heterocycles. The smallest absolute Gasteiger partial charge is 0.325 e. The van der Waals surface area contributed by atoms with Gasteiger partial charge in [-0.3, -0.25) is 14.5 Å². The number of imide groups is 1. The molecule has 1 N–H and O–H groups in total. The van der Waals surface area contributed by atoms with Crippen molar-refractivity contribution in [2.75, 3.05) is 19.6 Å². The van der Waals surface area contributed by atoms with Crippen molar-refractivity contribution in [1.29, 1.82) is 0 Å². The third-order valence-electron chi connectivity index (χ3n) is 6.47. The molecule has 2 aliphatic heterocycles. The van der Waals surface area contributed by atoms with Crippen LogP contribution in [0.15, 0.2) is 54.6 Å². The average molecular weight is 463 g/mol. The van der Waals surface area contributed by atoms with E-state index < -0.39 is 12.1 Å². The molecule has 3 aromatic rings. The predicted molar refractivity (Wildman–Crippen MR) is 127 cm³/mol. The van der Waals surface area contributed by atoms with Gasteiger partial charge in [0, 0.05) is 19.0 Å². The molecule has 1 atom stereocenters. The molecule has 2 aliphatic rings. The highest BCUT2D eigenvalue weighted by molar-refractivity contribution is 7.18. The zero-order valence-electron chi connectivity index (χ0n) is 18.3. The molecular weight excluding hydrogens is 436 g/mol. The summed E-state index contributed by atoms with van der Waals surface area (Å²) in [6, 6.07) is 16.9. The molecule has 33 heavy (non-hydrogen) atoms. The average Bonchev–Trinajstić information content (AvgIpc) is 3.40. The van der Waals surface area contributed by atoms with Crippen LogP contribution in [-0.2, 0) is 16.0 Å². The highest BCUT2D eigenvalue weighted by Crippen LogP contribution is 2.33. The number of amides is 4. The van der Waals surface area contributed by atoms with Crippen LogP contribution in [0.1, 0.15) is 35.8 Å². The molecule has 170 valence electrons. The number of aryl methyl sites for hydroxylation is 1. The Hall–Kier alpha value is -3.26. The zero-order chi connectivity index (χ0) is 22.8. The number of aromatic nitrogens is 1. The SMILES string of the molecule is O=C(CN1C(=O)N[C@@H](CCc2ccccc2)C1=O)N1CCC(c2nc3ccccc3s2)CC1. The summed E-state index contributed by atoms with van der Waals surface area (Å²) in [6.07, 6.45) is 2.89. The maximum atomic E-state index is 12.9. The molecule has 7 nitrogen and oxygen atoms in total. The summed E-state index contributed by atoms with van der Waals surface area (Å²) < 4.78 is 1.19. The number of fused-ring (bicyclic) bond motifs is 1. The number of nitrogens with one attached hydrogen (secondary N) is 1. The number of para-hydroxylation sites is 1. The molecule has 2 saturated heterocycles. The number of carbonyl (C=O) groups excluding carboxylic acids is 3. The van der Waals surface area contributed by atoms with Crippen molar-refractivity contribution in [3.63, 3.8) is 0 Å². The standard InChI is InChI=1S/C25H26N4O3S/c30-22(16-29-24(31)20(27-25(29)32)11-10-17-6-2-1-3-7-17)28-14-12-18(13-15-28)23-26-19-8-4-5-9-21(19)33-23/h1-9,18,20H,10-16H2,(H,27,32)/t20-/m0/s1. The van der Waals surface area contributed by atoms with Crippen LogP contribution in [0.4, 0.5) is 4.79 Å². The third kappa shape index (κ3) is 4.61. The van der Waals surface area contributed by atoms with E-state index in [1.165, 1.54) is 4.70 Å². The first-order valence-corrected chi connectivity index (χ1v) is 12.2. The largest absolute Gasteiger partial charge is 0.341 e. The van der Waals surface area contributed by atoms with E-state index in [2.05, 4.69) is 11.4 Å². The fourth-order valence-electron chi connectivity index (χ4n) is 4.55. The van der Waals surface area contributed by atoms with Gasteiger partial charge in [0.05, 0.1) is 15.2 Å². The van der Waals surface area contributed by atoms with Crippen molar-refractivity contribution in [3.8, 4) is 0 Å². The number of piperidine rings is 1. The van der Waals surface area contributed by atoms with E-state index >= 15 is 0 Å². The Morgan fingerprint density at radius 1 is 1.03 bits per heavy atom. The molecule has 0 aliphatic carbocycles. The number of rotatable bonds is 6. The van der Waals surface area contributed by atoms with Crippen molar-refractivity contribution in [1.82, 2.24) is 20.1 Å². The van der Waals surface area contributed by atoms with Crippen LogP contribution < -0.4 is 5.32 Å². The maximum Gasteiger partial charge on any atom is 0.325 e. The molecule has 4 amide bonds. The molecule has 1 aromatic heterocycles. The maximum absolute atomic E-state index is 12.9. The summed E-state index contributed by atoms with van der Waals surface area (Å²) in [6.45, 7) is 1.03. The number of urea groups is 1. The Bertz CT molecular complexity index is 1140. The van der Waals surface area contributed by atoms with Gasteiger partial charge in [-0.2, -0.15) is 0 Å². The number of carbonyl (C=O) groups is 3. The van der Waals surface area contributed by atoms with E-state index in [-0.39, 0.29) is 18.4 Å². The van der Waals surface area contributed by atoms with Gasteiger partial charge in [0.25, 0.3) is 5.91 Å². The molecule has 0 unspecified atom stereocenters. The summed E-state index contributed by atoms with van der Waals surface area (Å²) in [5.74, 6) is -0.149. The lowest BCUT2D eigenvalue weighted by Gasteiger charge is -2.31. The summed E-state index contributed by atoms with van der Waals surface area (Å²) in [5.41, 5.74) is 2.14. The lowest BCUT2D eigenvalue weighted by Crippen LogP contribution is -2.45. The lowest BCUT2D eigenvalue weighted by molar-refractivity contribution is -0.138. The second kappa shape index (κ2) is 9.31. The van der Waals surface area contributed by atoms with Crippen molar-refractivity contribution in [2.24, 2.45) is 0 Å². The molecule has 0 spiro atoms. The molecule has 2 aromatic carbocycles. The van der Waals surface area contributed by atoms with Gasteiger partial charge in [-0.25, -0.2) is 9.78 Å². The van der Waals surface area contributed by atoms with Gasteiger partial charge < -0.3 is 10.2 Å².